The van der Waals surface area contributed by atoms with Crippen molar-refractivity contribution < 1.29 is 0 Å². The third-order valence-corrected chi connectivity index (χ3v) is 4.24. The number of hydrogen-bond donors (Lipinski definition) is 0. The normalized spacial score (nSPS) is 10.8. The van der Waals surface area contributed by atoms with E-state index in [-0.39, 0.29) is 0 Å². The van der Waals surface area contributed by atoms with Crippen LogP contribution in [0.2, 0.25) is 5.02 Å². The number of rotatable bonds is 4. The van der Waals surface area contributed by atoms with Crippen LogP contribution in [0, 0.1) is 0 Å². The van der Waals surface area contributed by atoms with Gasteiger partial charge in [-0.15, -0.1) is 0 Å². The van der Waals surface area contributed by atoms with Gasteiger partial charge in [-0.2, -0.15) is 15.0 Å². The van der Waals surface area contributed by atoms with Crippen molar-refractivity contribution in [3.8, 4) is 22.5 Å². The average Bonchev–Trinajstić information content (AvgIpc) is 3.08. The molecule has 0 atom stereocenters. The van der Waals surface area contributed by atoms with E-state index >= 15 is 0 Å². The maximum atomic E-state index is 6.03. The molecule has 1 heterocycles. The Hall–Kier alpha value is -2.91. The first-order chi connectivity index (χ1) is 12.3. The van der Waals surface area contributed by atoms with Crippen molar-refractivity contribution in [2.75, 3.05) is 0 Å². The van der Waals surface area contributed by atoms with E-state index in [1.165, 1.54) is 5.56 Å². The fourth-order valence-electron chi connectivity index (χ4n) is 2.76. The molecule has 4 rings (SSSR count). The van der Waals surface area contributed by atoms with Crippen LogP contribution in [0.5, 0.6) is 0 Å². The molecule has 1 aromatic heterocycles. The van der Waals surface area contributed by atoms with Crippen LogP contribution in [0.1, 0.15) is 5.56 Å². The largest absolute Gasteiger partial charge is 0.179 e. The summed E-state index contributed by atoms with van der Waals surface area (Å²) >= 11 is 6.03. The van der Waals surface area contributed by atoms with Gasteiger partial charge < -0.3 is 0 Å². The predicted octanol–water partition coefficient (Wildman–Crippen LogP) is 5.31. The van der Waals surface area contributed by atoms with Crippen molar-refractivity contribution in [1.82, 2.24) is 15.0 Å². The molecule has 0 N–H and O–H groups in total. The molecule has 4 heteroatoms. The Morgan fingerprint density at radius 1 is 0.640 bits per heavy atom. The fraction of sp³-hybridized carbons (Fsp3) is 0.0476. The van der Waals surface area contributed by atoms with Gasteiger partial charge in [0.05, 0.1) is 6.54 Å². The lowest BCUT2D eigenvalue weighted by molar-refractivity contribution is 0.594. The highest BCUT2D eigenvalue weighted by Crippen LogP contribution is 2.29. The van der Waals surface area contributed by atoms with Gasteiger partial charge in [0, 0.05) is 16.1 Å². The lowest BCUT2D eigenvalue weighted by Gasteiger charge is -2.01. The average molecular weight is 346 g/mol. The minimum atomic E-state index is 0.633. The number of benzene rings is 3. The molecule has 3 nitrogen and oxygen atoms in total. The third-order valence-electron chi connectivity index (χ3n) is 3.99. The van der Waals surface area contributed by atoms with Gasteiger partial charge in [0.15, 0.2) is 0 Å². The lowest BCUT2D eigenvalue weighted by atomic mass is 10.1. The summed E-state index contributed by atoms with van der Waals surface area (Å²) in [4.78, 5) is 1.75. The van der Waals surface area contributed by atoms with Crippen molar-refractivity contribution in [3.63, 3.8) is 0 Å². The van der Waals surface area contributed by atoms with Gasteiger partial charge in [-0.3, -0.25) is 0 Å². The van der Waals surface area contributed by atoms with Crippen LogP contribution >= 0.6 is 11.6 Å². The first-order valence-corrected chi connectivity index (χ1v) is 8.48. The summed E-state index contributed by atoms with van der Waals surface area (Å²) in [6.07, 6.45) is 0. The molecule has 3 aromatic carbocycles. The molecule has 0 aliphatic carbocycles. The maximum Gasteiger partial charge on any atom is 0.121 e. The zero-order valence-corrected chi connectivity index (χ0v) is 14.3. The van der Waals surface area contributed by atoms with E-state index in [4.69, 9.17) is 21.8 Å². The van der Waals surface area contributed by atoms with Gasteiger partial charge in [-0.05, 0) is 17.7 Å². The zero-order valence-electron chi connectivity index (χ0n) is 13.5. The Labute approximate surface area is 151 Å². The highest BCUT2D eigenvalue weighted by molar-refractivity contribution is 6.30. The van der Waals surface area contributed by atoms with Crippen LogP contribution in [0.3, 0.4) is 0 Å². The van der Waals surface area contributed by atoms with Crippen molar-refractivity contribution in [1.29, 1.82) is 0 Å². The smallest absolute Gasteiger partial charge is 0.121 e. The van der Waals surface area contributed by atoms with Gasteiger partial charge in [0.25, 0.3) is 0 Å². The molecule has 0 fully saturated rings. The topological polar surface area (TPSA) is 30.7 Å². The second kappa shape index (κ2) is 6.91. The van der Waals surface area contributed by atoms with Crippen LogP contribution in [0.15, 0.2) is 84.9 Å². The maximum absolute atomic E-state index is 6.03. The van der Waals surface area contributed by atoms with Crippen LogP contribution in [-0.4, -0.2) is 15.0 Å². The Balaban J connectivity index is 1.79. The lowest BCUT2D eigenvalue weighted by Crippen LogP contribution is -2.03. The van der Waals surface area contributed by atoms with Gasteiger partial charge in [-0.25, -0.2) is 0 Å². The number of nitrogens with zero attached hydrogens (tertiary/aromatic N) is 3. The molecule has 4 aromatic rings. The molecule has 0 radical (unpaired) electrons. The van der Waals surface area contributed by atoms with Crippen LogP contribution in [-0.2, 0) is 6.54 Å². The molecular formula is C21H16ClN3. The molecule has 25 heavy (non-hydrogen) atoms. The van der Waals surface area contributed by atoms with Crippen LogP contribution < -0.4 is 0 Å². The minimum Gasteiger partial charge on any atom is -0.179 e. The van der Waals surface area contributed by atoms with E-state index in [9.17, 15) is 0 Å². The molecule has 0 aliphatic rings. The summed E-state index contributed by atoms with van der Waals surface area (Å²) < 4.78 is 0. The van der Waals surface area contributed by atoms with Gasteiger partial charge in [0.2, 0.25) is 0 Å². The Bertz CT molecular complexity index is 961. The highest BCUT2D eigenvalue weighted by Gasteiger charge is 2.15. The summed E-state index contributed by atoms with van der Waals surface area (Å²) in [5.74, 6) is 0. The summed E-state index contributed by atoms with van der Waals surface area (Å²) in [7, 11) is 0. The molecule has 0 aliphatic heterocycles. The monoisotopic (exact) mass is 345 g/mol. The van der Waals surface area contributed by atoms with E-state index in [1.807, 2.05) is 60.7 Å². The number of halogens is 1. The fourth-order valence-corrected chi connectivity index (χ4v) is 2.88. The first-order valence-electron chi connectivity index (χ1n) is 8.10. The quantitative estimate of drug-likeness (QED) is 0.501. The standard InChI is InChI=1S/C21H16ClN3/c22-19-13-11-18(12-14-19)21-20(17-9-5-2-6-10-17)23-25(24-21)15-16-7-3-1-4-8-16/h1-14H,15H2. The molecule has 122 valence electrons. The SMILES string of the molecule is Clc1ccc(-c2nn(Cc3ccccc3)nc2-c2ccccc2)cc1. The van der Waals surface area contributed by atoms with E-state index < -0.39 is 0 Å². The number of aromatic nitrogens is 3. The minimum absolute atomic E-state index is 0.633. The van der Waals surface area contributed by atoms with Gasteiger partial charge >= 0.3 is 0 Å². The van der Waals surface area contributed by atoms with E-state index in [0.717, 1.165) is 22.5 Å². The third kappa shape index (κ3) is 3.47. The van der Waals surface area contributed by atoms with Crippen LogP contribution in [0.4, 0.5) is 0 Å². The van der Waals surface area contributed by atoms with E-state index in [1.54, 1.807) is 4.80 Å². The summed E-state index contributed by atoms with van der Waals surface area (Å²) in [6.45, 7) is 0.633. The Kier molecular flexibility index (Phi) is 4.32. The number of hydrogen-bond acceptors (Lipinski definition) is 2. The molecule has 0 bridgehead atoms. The first kappa shape index (κ1) is 15.6. The summed E-state index contributed by atoms with van der Waals surface area (Å²) in [5.41, 5.74) is 4.95. The Morgan fingerprint density at radius 2 is 1.16 bits per heavy atom. The summed E-state index contributed by atoms with van der Waals surface area (Å²) in [5, 5.41) is 10.2. The predicted molar refractivity (Wildman–Crippen MR) is 101 cm³/mol. The summed E-state index contributed by atoms with van der Waals surface area (Å²) in [6, 6.07) is 28.0. The molecule has 0 saturated heterocycles. The zero-order chi connectivity index (χ0) is 17.1. The molecule has 0 unspecified atom stereocenters. The Morgan fingerprint density at radius 3 is 1.76 bits per heavy atom. The molecule has 0 spiro atoms. The molecule has 0 amide bonds. The van der Waals surface area contributed by atoms with E-state index in [2.05, 4.69) is 24.3 Å². The van der Waals surface area contributed by atoms with Crippen molar-refractivity contribution in [3.05, 3.63) is 95.5 Å². The van der Waals surface area contributed by atoms with E-state index in [0.29, 0.717) is 11.6 Å². The van der Waals surface area contributed by atoms with Gasteiger partial charge in [0.1, 0.15) is 11.4 Å². The van der Waals surface area contributed by atoms with Crippen molar-refractivity contribution in [2.24, 2.45) is 0 Å². The second-order valence-corrected chi connectivity index (χ2v) is 6.22. The molecular weight excluding hydrogens is 330 g/mol. The molecule has 0 saturated carbocycles. The second-order valence-electron chi connectivity index (χ2n) is 5.79. The van der Waals surface area contributed by atoms with Gasteiger partial charge in [-0.1, -0.05) is 84.4 Å². The highest BCUT2D eigenvalue weighted by atomic mass is 35.5. The van der Waals surface area contributed by atoms with Crippen molar-refractivity contribution >= 4 is 11.6 Å². The van der Waals surface area contributed by atoms with Crippen molar-refractivity contribution in [2.45, 2.75) is 6.54 Å². The van der Waals surface area contributed by atoms with Crippen LogP contribution in [0.25, 0.3) is 22.5 Å².